The Labute approximate surface area is 241 Å². The van der Waals surface area contributed by atoms with Crippen LogP contribution in [0.1, 0.15) is 51.6 Å². The van der Waals surface area contributed by atoms with Crippen LogP contribution in [0.3, 0.4) is 0 Å². The van der Waals surface area contributed by atoms with Crippen LogP contribution in [0.15, 0.2) is 42.6 Å². The van der Waals surface area contributed by atoms with Crippen LogP contribution >= 0.6 is 0 Å². The van der Waals surface area contributed by atoms with Crippen molar-refractivity contribution in [1.29, 1.82) is 0 Å². The quantitative estimate of drug-likeness (QED) is 0.328. The Morgan fingerprint density at radius 2 is 1.83 bits per heavy atom. The lowest BCUT2D eigenvalue weighted by Gasteiger charge is -2.29. The molecule has 1 aliphatic heterocycles. The second-order valence-corrected chi connectivity index (χ2v) is 9.83. The summed E-state index contributed by atoms with van der Waals surface area (Å²) in [6.45, 7) is 3.61. The summed E-state index contributed by atoms with van der Waals surface area (Å²) < 4.78 is 52.7. The molecule has 2 heterocycles. The number of methoxy groups -OCH3 is 1. The van der Waals surface area contributed by atoms with E-state index < -0.39 is 23.5 Å². The van der Waals surface area contributed by atoms with Gasteiger partial charge in [-0.05, 0) is 69.2 Å². The zero-order valence-corrected chi connectivity index (χ0v) is 23.8. The van der Waals surface area contributed by atoms with Gasteiger partial charge in [-0.2, -0.15) is 18.2 Å². The Bertz CT molecular complexity index is 1440. The summed E-state index contributed by atoms with van der Waals surface area (Å²) in [5.41, 5.74) is 0.173. The molecule has 2 aromatic carbocycles. The van der Waals surface area contributed by atoms with Gasteiger partial charge in [0, 0.05) is 24.8 Å². The highest BCUT2D eigenvalue weighted by Gasteiger charge is 2.37. The van der Waals surface area contributed by atoms with E-state index in [1.807, 2.05) is 14.0 Å². The maximum absolute atomic E-state index is 13.9. The van der Waals surface area contributed by atoms with Crippen LogP contribution in [-0.2, 0) is 12.6 Å². The van der Waals surface area contributed by atoms with Crippen molar-refractivity contribution >= 4 is 23.5 Å². The molecule has 0 aliphatic carbocycles. The Balaban J connectivity index is 1.61. The number of likely N-dealkylation sites (tertiary alicyclic amines) is 1. The number of rotatable bonds is 9. The van der Waals surface area contributed by atoms with Crippen LogP contribution in [-0.4, -0.2) is 67.0 Å². The number of carbonyl (C=O) groups is 2. The van der Waals surface area contributed by atoms with Crippen molar-refractivity contribution in [3.05, 3.63) is 64.8 Å². The topological polar surface area (TPSA) is 118 Å². The van der Waals surface area contributed by atoms with E-state index in [9.17, 15) is 22.8 Å². The van der Waals surface area contributed by atoms with Gasteiger partial charge in [-0.3, -0.25) is 9.59 Å². The molecule has 3 N–H and O–H groups in total. The van der Waals surface area contributed by atoms with Gasteiger partial charge in [0.25, 0.3) is 11.8 Å². The van der Waals surface area contributed by atoms with Gasteiger partial charge >= 0.3 is 6.18 Å². The first-order valence-corrected chi connectivity index (χ1v) is 13.4. The predicted octanol–water partition coefficient (Wildman–Crippen LogP) is 4.79. The second kappa shape index (κ2) is 13.1. The van der Waals surface area contributed by atoms with Crippen molar-refractivity contribution in [2.45, 2.75) is 38.4 Å². The van der Waals surface area contributed by atoms with E-state index in [-0.39, 0.29) is 35.0 Å². The fourth-order valence-electron chi connectivity index (χ4n) is 4.62. The van der Waals surface area contributed by atoms with Crippen LogP contribution in [0.4, 0.5) is 24.8 Å². The third kappa shape index (κ3) is 7.08. The number of piperidine rings is 1. The molecule has 1 aromatic heterocycles. The molecule has 224 valence electrons. The van der Waals surface area contributed by atoms with Crippen molar-refractivity contribution < 1.29 is 32.2 Å². The van der Waals surface area contributed by atoms with Crippen LogP contribution < -0.4 is 25.4 Å². The lowest BCUT2D eigenvalue weighted by molar-refractivity contribution is -0.139. The number of aryl methyl sites for hydroxylation is 1. The van der Waals surface area contributed by atoms with Gasteiger partial charge in [0.1, 0.15) is 17.1 Å². The van der Waals surface area contributed by atoms with E-state index in [2.05, 4.69) is 30.8 Å². The zero-order valence-electron chi connectivity index (χ0n) is 23.8. The average molecular weight is 587 g/mol. The number of aromatic nitrogens is 2. The van der Waals surface area contributed by atoms with Gasteiger partial charge in [-0.25, -0.2) is 4.98 Å². The van der Waals surface area contributed by atoms with Crippen molar-refractivity contribution in [2.24, 2.45) is 0 Å². The molecule has 42 heavy (non-hydrogen) atoms. The Morgan fingerprint density at radius 1 is 1.10 bits per heavy atom. The summed E-state index contributed by atoms with van der Waals surface area (Å²) in [5, 5.41) is 8.36. The van der Waals surface area contributed by atoms with E-state index in [4.69, 9.17) is 9.47 Å². The van der Waals surface area contributed by atoms with Crippen molar-refractivity contribution in [1.82, 2.24) is 25.5 Å². The minimum atomic E-state index is -4.83. The van der Waals surface area contributed by atoms with Crippen LogP contribution in [0.2, 0.25) is 0 Å². The summed E-state index contributed by atoms with van der Waals surface area (Å²) in [5.74, 6) is -1.58. The molecule has 1 saturated heterocycles. The van der Waals surface area contributed by atoms with Gasteiger partial charge < -0.3 is 30.3 Å². The zero-order chi connectivity index (χ0) is 30.4. The van der Waals surface area contributed by atoms with Gasteiger partial charge in [0.05, 0.1) is 18.4 Å². The van der Waals surface area contributed by atoms with Crippen molar-refractivity contribution in [3.63, 3.8) is 0 Å². The summed E-state index contributed by atoms with van der Waals surface area (Å²) in [7, 11) is 4.86. The molecule has 0 atom stereocenters. The Hall–Kier alpha value is -4.39. The van der Waals surface area contributed by atoms with E-state index >= 15 is 0 Å². The standard InChI is InChI=1S/C29H33F3N6O4/c1-5-17-7-6-8-22(24(17)26(40)33-2)42-27-20(29(30,31)32)16-34-28(37-27)36-21-10-9-18(15-23(21)41-4)25(39)35-19-11-13-38(3)14-12-19/h6-10,15-16,19H,5,11-14H2,1-4H3,(H,33,40)(H,35,39)(H,34,36,37). The first-order valence-electron chi connectivity index (χ1n) is 13.4. The number of hydrogen-bond acceptors (Lipinski definition) is 8. The molecule has 0 bridgehead atoms. The van der Waals surface area contributed by atoms with Crippen LogP contribution in [0.5, 0.6) is 17.4 Å². The average Bonchev–Trinajstić information content (AvgIpc) is 2.97. The largest absolute Gasteiger partial charge is 0.495 e. The Morgan fingerprint density at radius 3 is 2.48 bits per heavy atom. The van der Waals surface area contributed by atoms with Crippen molar-refractivity contribution in [3.8, 4) is 17.4 Å². The molecule has 1 aliphatic rings. The monoisotopic (exact) mass is 586 g/mol. The lowest BCUT2D eigenvalue weighted by Crippen LogP contribution is -2.43. The number of hydrogen-bond donors (Lipinski definition) is 3. The number of ether oxygens (including phenoxy) is 2. The number of carbonyl (C=O) groups excluding carboxylic acids is 2. The molecule has 2 amide bonds. The predicted molar refractivity (Wildman–Crippen MR) is 151 cm³/mol. The molecule has 0 spiro atoms. The maximum atomic E-state index is 13.9. The first-order chi connectivity index (χ1) is 20.0. The van der Waals surface area contributed by atoms with Gasteiger partial charge in [-0.15, -0.1) is 0 Å². The van der Waals surface area contributed by atoms with E-state index in [0.717, 1.165) is 25.9 Å². The molecule has 1 fully saturated rings. The number of benzene rings is 2. The van der Waals surface area contributed by atoms with Gasteiger partial charge in [0.15, 0.2) is 0 Å². The normalized spacial score (nSPS) is 14.3. The molecule has 0 saturated carbocycles. The molecule has 4 rings (SSSR count). The van der Waals surface area contributed by atoms with E-state index in [0.29, 0.717) is 29.4 Å². The fraction of sp³-hybridized carbons (Fsp3) is 0.379. The minimum Gasteiger partial charge on any atom is -0.495 e. The van der Waals surface area contributed by atoms with Gasteiger partial charge in [0.2, 0.25) is 11.8 Å². The number of halogens is 3. The highest BCUT2D eigenvalue weighted by molar-refractivity contribution is 5.98. The number of amides is 2. The lowest BCUT2D eigenvalue weighted by atomic mass is 10.0. The molecule has 10 nitrogen and oxygen atoms in total. The van der Waals surface area contributed by atoms with Gasteiger partial charge in [-0.1, -0.05) is 19.1 Å². The molecule has 0 radical (unpaired) electrons. The smallest absolute Gasteiger partial charge is 0.423 e. The first kappa shape index (κ1) is 30.6. The fourth-order valence-corrected chi connectivity index (χ4v) is 4.62. The van der Waals surface area contributed by atoms with E-state index in [1.54, 1.807) is 24.3 Å². The minimum absolute atomic E-state index is 0.0680. The molecule has 3 aromatic rings. The Kier molecular flexibility index (Phi) is 9.51. The van der Waals surface area contributed by atoms with Crippen LogP contribution in [0, 0.1) is 0 Å². The summed E-state index contributed by atoms with van der Waals surface area (Å²) in [6.07, 6.45) is -2.08. The molecule has 13 heteroatoms. The number of nitrogens with one attached hydrogen (secondary N) is 3. The number of alkyl halides is 3. The van der Waals surface area contributed by atoms with E-state index in [1.165, 1.54) is 26.3 Å². The second-order valence-electron chi connectivity index (χ2n) is 9.83. The SMILES string of the molecule is CCc1cccc(Oc2nc(Nc3ccc(C(=O)NC4CCN(C)CC4)cc3OC)ncc2C(F)(F)F)c1C(=O)NC. The van der Waals surface area contributed by atoms with Crippen molar-refractivity contribution in [2.75, 3.05) is 39.6 Å². The maximum Gasteiger partial charge on any atom is 0.423 e. The highest BCUT2D eigenvalue weighted by atomic mass is 19.4. The van der Waals surface area contributed by atoms with Crippen LogP contribution in [0.25, 0.3) is 0 Å². The molecular weight excluding hydrogens is 553 g/mol. The number of nitrogens with zero attached hydrogens (tertiary/aromatic N) is 3. The molecule has 0 unspecified atom stereocenters. The number of anilines is 2. The summed E-state index contributed by atoms with van der Waals surface area (Å²) in [4.78, 5) is 35.4. The summed E-state index contributed by atoms with van der Waals surface area (Å²) >= 11 is 0. The summed E-state index contributed by atoms with van der Waals surface area (Å²) in [6, 6.07) is 9.40. The highest BCUT2D eigenvalue weighted by Crippen LogP contribution is 2.39. The third-order valence-electron chi connectivity index (χ3n) is 6.98. The molecular formula is C29H33F3N6O4. The third-order valence-corrected chi connectivity index (χ3v) is 6.98.